The Morgan fingerprint density at radius 3 is 1.57 bits per heavy atom. The molecule has 436 valence electrons. The van der Waals surface area contributed by atoms with Crippen LogP contribution in [0.15, 0.2) is 285 Å². The van der Waals surface area contributed by atoms with Crippen molar-refractivity contribution in [2.75, 3.05) is 0 Å². The summed E-state index contributed by atoms with van der Waals surface area (Å²) in [6.45, 7) is 6.71. The zero-order valence-electron chi connectivity index (χ0n) is 50.0. The van der Waals surface area contributed by atoms with Crippen LogP contribution in [0.2, 0.25) is 0 Å². The first-order valence-electron chi connectivity index (χ1n) is 30.5. The normalized spacial score (nSPS) is 12.3. The van der Waals surface area contributed by atoms with Gasteiger partial charge in [0.2, 0.25) is 5.78 Å². The Balaban J connectivity index is 0.00000661. The molecule has 1 aliphatic rings. The molecule has 0 amide bonds. The molecule has 4 aromatic heterocycles. The van der Waals surface area contributed by atoms with Gasteiger partial charge in [-0.05, 0) is 161 Å². The van der Waals surface area contributed by atoms with E-state index < -0.39 is 0 Å². The number of aryl methyl sites for hydroxylation is 1. The second-order valence-corrected chi connectivity index (χ2v) is 23.9. The molecule has 0 bridgehead atoms. The summed E-state index contributed by atoms with van der Waals surface area (Å²) in [6, 6.07) is 107. The number of ether oxygens (including phenoxy) is 1. The van der Waals surface area contributed by atoms with Crippen LogP contribution >= 0.6 is 0 Å². The van der Waals surface area contributed by atoms with Crippen LogP contribution in [-0.2, 0) is 26.5 Å². The molecule has 4 heterocycles. The second-order valence-electron chi connectivity index (χ2n) is 23.9. The third-order valence-electron chi connectivity index (χ3n) is 18.0. The molecule has 0 fully saturated rings. The van der Waals surface area contributed by atoms with E-state index in [0.717, 1.165) is 134 Å². The molecule has 0 N–H and O–H groups in total. The first-order chi connectivity index (χ1) is 44.3. The van der Waals surface area contributed by atoms with Crippen LogP contribution in [0, 0.1) is 25.4 Å². The van der Waals surface area contributed by atoms with Gasteiger partial charge in [0.05, 0.1) is 27.8 Å². The van der Waals surface area contributed by atoms with Crippen molar-refractivity contribution in [2.45, 2.75) is 26.2 Å². The van der Waals surface area contributed by atoms with Crippen LogP contribution in [0.3, 0.4) is 0 Å². The molecule has 8 heteroatoms. The zero-order chi connectivity index (χ0) is 60.0. The summed E-state index contributed by atoms with van der Waals surface area (Å²) in [5.41, 5.74) is 26.5. The number of para-hydroxylation sites is 4. The first-order valence-corrected chi connectivity index (χ1v) is 30.5. The minimum atomic E-state index is -0.228. The number of fused-ring (bicyclic) bond motifs is 9. The number of hydrogen-bond donors (Lipinski definition) is 0. The third-order valence-corrected chi connectivity index (χ3v) is 18.0. The maximum absolute atomic E-state index is 6.91. The van der Waals surface area contributed by atoms with E-state index >= 15 is 0 Å². The van der Waals surface area contributed by atoms with Gasteiger partial charge in [0.15, 0.2) is 0 Å². The maximum Gasteiger partial charge on any atom is 0.268 e. The van der Waals surface area contributed by atoms with E-state index in [-0.39, 0.29) is 26.5 Å². The summed E-state index contributed by atoms with van der Waals surface area (Å²) in [6.07, 6.45) is 5.97. The fraction of sp³-hybridized carbons (Fsp3) is 0.0482. The standard InChI is InChI=1S/C83H56N6O.Pt/c1-54-23-20-40-77-80(54)85-82-88(77)76-42-41-67(50-78(76)89(82)79-51-73-71(52-84-79)70-34-16-17-37-72(70)83(73,2)3)90-66-33-21-32-65(49-66)86-53-87(75-39-19-18-38-74(75)86)81-68(63-45-59(55-24-8-4-9-25-55)43-60(46-63)56-26-10-5-11-27-56)35-22-36-69(81)64-47-61(57-28-12-6-13-29-57)44-62(48-64)58-30-14-7-15-31-58;/h4-48,51-52H,1-3H3;/q-2;. The minimum absolute atomic E-state index is 0. The first kappa shape index (κ1) is 55.3. The van der Waals surface area contributed by atoms with E-state index in [2.05, 4.69) is 318 Å². The topological polar surface area (TPSA) is 53.2 Å². The maximum atomic E-state index is 6.91. The molecule has 0 atom stereocenters. The Labute approximate surface area is 542 Å². The van der Waals surface area contributed by atoms with E-state index in [0.29, 0.717) is 11.5 Å². The third kappa shape index (κ3) is 9.42. The van der Waals surface area contributed by atoms with Gasteiger partial charge in [-0.2, -0.15) is 12.1 Å². The summed E-state index contributed by atoms with van der Waals surface area (Å²) in [7, 11) is 0. The second kappa shape index (κ2) is 22.3. The number of benzene rings is 12. The Hall–Kier alpha value is -11.0. The SMILES string of the molecule is Cc1cccc2c1nc1n(-c3cc4c(cn3)-c3ccccc3C4(C)C)c3[c-]c(Oc4[c-]c(-n5[c-][n+](-c6c(-c7cc(-c8ccccc8)cc(-c8ccccc8)c7)cccc6-c6cc(-c7ccccc7)cc(-c7ccccc7)c6)c6ccccc65)ccc4)ccc3n21.[Pt]. The average Bonchev–Trinajstić information content (AvgIpc) is 1.59. The Morgan fingerprint density at radius 1 is 0.429 bits per heavy atom. The van der Waals surface area contributed by atoms with Crippen molar-refractivity contribution in [2.24, 2.45) is 0 Å². The molecule has 1 aliphatic carbocycles. The smallest absolute Gasteiger partial charge is 0.268 e. The summed E-state index contributed by atoms with van der Waals surface area (Å²) in [5, 5.41) is 0. The van der Waals surface area contributed by atoms with Crippen molar-refractivity contribution in [3.63, 3.8) is 0 Å². The van der Waals surface area contributed by atoms with Crippen molar-refractivity contribution in [3.8, 4) is 107 Å². The van der Waals surface area contributed by atoms with E-state index in [1.807, 2.05) is 24.4 Å². The molecule has 0 aliphatic heterocycles. The summed E-state index contributed by atoms with van der Waals surface area (Å²) < 4.78 is 15.6. The molecule has 16 aromatic rings. The zero-order valence-corrected chi connectivity index (χ0v) is 52.3. The molecular formula is C83H56N6OPt-2. The Kier molecular flexibility index (Phi) is 13.5. The van der Waals surface area contributed by atoms with E-state index in [4.69, 9.17) is 14.7 Å². The van der Waals surface area contributed by atoms with Gasteiger partial charge in [-0.25, -0.2) is 9.97 Å². The van der Waals surface area contributed by atoms with Gasteiger partial charge < -0.3 is 13.7 Å². The number of rotatable bonds is 11. The fourth-order valence-corrected chi connectivity index (χ4v) is 13.7. The van der Waals surface area contributed by atoms with Crippen LogP contribution in [0.4, 0.5) is 0 Å². The molecule has 17 rings (SSSR count). The van der Waals surface area contributed by atoms with Gasteiger partial charge in [0.25, 0.3) is 6.33 Å². The summed E-state index contributed by atoms with van der Waals surface area (Å²) in [4.78, 5) is 10.5. The minimum Gasteiger partial charge on any atom is -0.510 e. The fourth-order valence-electron chi connectivity index (χ4n) is 13.7. The molecule has 0 unspecified atom stereocenters. The van der Waals surface area contributed by atoms with Crippen LogP contribution < -0.4 is 9.30 Å². The number of pyridine rings is 1. The van der Waals surface area contributed by atoms with Gasteiger partial charge >= 0.3 is 0 Å². The molecule has 0 saturated heterocycles. The van der Waals surface area contributed by atoms with Crippen molar-refractivity contribution in [3.05, 3.63) is 320 Å². The van der Waals surface area contributed by atoms with Crippen molar-refractivity contribution >= 4 is 38.9 Å². The van der Waals surface area contributed by atoms with Crippen molar-refractivity contribution in [1.29, 1.82) is 0 Å². The summed E-state index contributed by atoms with van der Waals surface area (Å²) >= 11 is 0. The molecule has 7 nitrogen and oxygen atoms in total. The molecule has 0 saturated carbocycles. The van der Waals surface area contributed by atoms with Crippen LogP contribution in [-0.4, -0.2) is 23.5 Å². The van der Waals surface area contributed by atoms with Crippen LogP contribution in [0.25, 0.3) is 134 Å². The number of hydrogen-bond acceptors (Lipinski definition) is 3. The van der Waals surface area contributed by atoms with Gasteiger partial charge in [-0.15, -0.1) is 30.3 Å². The van der Waals surface area contributed by atoms with E-state index in [1.54, 1.807) is 0 Å². The van der Waals surface area contributed by atoms with Crippen molar-refractivity contribution in [1.82, 2.24) is 23.5 Å². The van der Waals surface area contributed by atoms with Gasteiger partial charge in [0.1, 0.15) is 5.82 Å². The predicted molar refractivity (Wildman–Crippen MR) is 364 cm³/mol. The number of aromatic nitrogens is 6. The van der Waals surface area contributed by atoms with Crippen LogP contribution in [0.5, 0.6) is 11.5 Å². The number of nitrogens with zero attached hydrogens (tertiary/aromatic N) is 6. The molecule has 0 spiro atoms. The Bertz CT molecular complexity index is 5230. The van der Waals surface area contributed by atoms with Crippen molar-refractivity contribution < 1.29 is 30.4 Å². The molecular weight excluding hydrogens is 1290 g/mol. The average molecular weight is 1350 g/mol. The molecule has 91 heavy (non-hydrogen) atoms. The number of imidazole rings is 3. The predicted octanol–water partition coefficient (Wildman–Crippen LogP) is 19.9. The largest absolute Gasteiger partial charge is 0.510 e. The molecule has 0 radical (unpaired) electrons. The van der Waals surface area contributed by atoms with E-state index in [9.17, 15) is 0 Å². The summed E-state index contributed by atoms with van der Waals surface area (Å²) in [5.74, 6) is 2.57. The van der Waals surface area contributed by atoms with Gasteiger partial charge in [0, 0.05) is 49.7 Å². The quantitative estimate of drug-likeness (QED) is 0.0958. The monoisotopic (exact) mass is 1350 g/mol. The van der Waals surface area contributed by atoms with E-state index in [1.165, 1.54) is 16.7 Å². The van der Waals surface area contributed by atoms with Gasteiger partial charge in [-0.3, -0.25) is 9.13 Å². The van der Waals surface area contributed by atoms with Gasteiger partial charge in [-0.1, -0.05) is 214 Å². The Morgan fingerprint density at radius 2 is 0.945 bits per heavy atom. The van der Waals surface area contributed by atoms with Crippen LogP contribution in [0.1, 0.15) is 30.5 Å². The molecule has 12 aromatic carbocycles.